The topological polar surface area (TPSA) is 0 Å². The minimum absolute atomic E-state index is 0. The zero-order valence-electron chi connectivity index (χ0n) is 31.7. The van der Waals surface area contributed by atoms with Crippen LogP contribution in [0, 0.1) is 0 Å². The maximum Gasteiger partial charge on any atom is -0.147 e. The Morgan fingerprint density at radius 1 is 0.640 bits per heavy atom. The summed E-state index contributed by atoms with van der Waals surface area (Å²) >= 11 is -2.75. The molecule has 0 aromatic heterocycles. The van der Waals surface area contributed by atoms with Gasteiger partial charge >= 0.3 is 301 Å². The molecule has 0 unspecified atom stereocenters. The third kappa shape index (κ3) is 8.83. The number of hydrogen-bond donors (Lipinski definition) is 0. The summed E-state index contributed by atoms with van der Waals surface area (Å²) < 4.78 is 5.01. The van der Waals surface area contributed by atoms with Gasteiger partial charge in [0.1, 0.15) is 0 Å². The normalized spacial score (nSPS) is 13.2. The molecule has 0 N–H and O–H groups in total. The Morgan fingerprint density at radius 2 is 1.18 bits per heavy atom. The van der Waals surface area contributed by atoms with Gasteiger partial charge in [-0.05, 0) is 0 Å². The summed E-state index contributed by atoms with van der Waals surface area (Å²) in [7, 11) is 0. The van der Waals surface area contributed by atoms with E-state index in [9.17, 15) is 0 Å². The monoisotopic (exact) mass is 782 g/mol. The molecule has 0 saturated heterocycles. The van der Waals surface area contributed by atoms with Crippen molar-refractivity contribution in [2.45, 2.75) is 118 Å². The quantitative estimate of drug-likeness (QED) is 0.132. The average Bonchev–Trinajstić information content (AvgIpc) is 3.73. The zero-order valence-corrected chi connectivity index (χ0v) is 35.8. The van der Waals surface area contributed by atoms with Crippen LogP contribution in [0.5, 0.6) is 0 Å². The van der Waals surface area contributed by atoms with Crippen molar-refractivity contribution in [3.63, 3.8) is 0 Å². The van der Waals surface area contributed by atoms with Crippen LogP contribution in [0.15, 0.2) is 100 Å². The van der Waals surface area contributed by atoms with Gasteiger partial charge in [0, 0.05) is 0 Å². The van der Waals surface area contributed by atoms with Crippen LogP contribution in [0.3, 0.4) is 0 Å². The van der Waals surface area contributed by atoms with Gasteiger partial charge in [0.05, 0.1) is 0 Å². The van der Waals surface area contributed by atoms with E-state index >= 15 is 0 Å². The van der Waals surface area contributed by atoms with Crippen LogP contribution in [0.2, 0.25) is 0 Å². The summed E-state index contributed by atoms with van der Waals surface area (Å²) in [5.41, 5.74) is 14.9. The number of aryl methyl sites for hydroxylation is 2. The number of allylic oxidation sites excluding steroid dienone is 4. The molecule has 50 heavy (non-hydrogen) atoms. The van der Waals surface area contributed by atoms with Gasteiger partial charge in [0.2, 0.25) is 0 Å². The SMILES string of the molecule is CCCCc1ccc([C](c2ccc(CCCC)cc2)=[Zr]([C]2=CC=CC2)[c]2cc(C(C)(C)C)cc3c2Cc2ccc(C(C)(C)C)cc2-3)cc1.Cl.Cl. The predicted octanol–water partition coefficient (Wildman–Crippen LogP) is 12.7. The summed E-state index contributed by atoms with van der Waals surface area (Å²) in [6, 6.07) is 32.1. The molecule has 0 nitrogen and oxygen atoms in total. The molecule has 2 aliphatic carbocycles. The zero-order chi connectivity index (χ0) is 34.1. The predicted molar refractivity (Wildman–Crippen MR) is 221 cm³/mol. The van der Waals surface area contributed by atoms with E-state index in [1.165, 1.54) is 75.8 Å². The standard InChI is InChI=1S/C21H25.C21H26.C5H5.2ClH.Zr/c1-20(2,3)16-9-7-14-11-15-8-10-17(21(4,5)6)13-19(15)18(14)12-16;1-3-5-7-18-9-13-20(14-10-18)17-21-15-11-19(12-16-21)8-6-4-2;1-2-4-5-3-1;;;/h7,9-10,12-13H,11H2,1-6H3;9-16H,3-8H2,1-2H3;1-3H,4H2;2*1H;. The maximum absolute atomic E-state index is 2.75. The van der Waals surface area contributed by atoms with Crippen LogP contribution in [0.4, 0.5) is 0 Å². The minimum Gasteiger partial charge on any atom is -0.147 e. The van der Waals surface area contributed by atoms with Crippen molar-refractivity contribution >= 4 is 31.3 Å². The first-order chi connectivity index (χ1) is 23.0. The van der Waals surface area contributed by atoms with Gasteiger partial charge in [0.15, 0.2) is 0 Å². The van der Waals surface area contributed by atoms with Gasteiger partial charge in [-0.2, -0.15) is 0 Å². The second-order valence-electron chi connectivity index (χ2n) is 16.3. The molecule has 3 heteroatoms. The summed E-state index contributed by atoms with van der Waals surface area (Å²) in [6.07, 6.45) is 16.6. The molecular formula is C47H58Cl2Zr. The van der Waals surface area contributed by atoms with Crippen LogP contribution < -0.4 is 3.27 Å². The first-order valence-corrected chi connectivity index (χ1v) is 22.3. The van der Waals surface area contributed by atoms with E-state index in [0.29, 0.717) is 0 Å². The summed E-state index contributed by atoms with van der Waals surface area (Å²) in [5, 5.41) is 0. The Bertz CT molecular complexity index is 1820. The van der Waals surface area contributed by atoms with E-state index < -0.39 is 21.3 Å². The molecule has 0 fully saturated rings. The van der Waals surface area contributed by atoms with Crippen LogP contribution in [0.25, 0.3) is 11.1 Å². The molecule has 4 aromatic rings. The minimum atomic E-state index is -2.75. The van der Waals surface area contributed by atoms with Crippen molar-refractivity contribution in [1.82, 2.24) is 0 Å². The van der Waals surface area contributed by atoms with Gasteiger partial charge < -0.3 is 0 Å². The number of halogens is 2. The Kier molecular flexibility index (Phi) is 13.8. The molecule has 6 rings (SSSR count). The molecule has 2 aliphatic rings. The van der Waals surface area contributed by atoms with Crippen molar-refractivity contribution in [2.24, 2.45) is 0 Å². The van der Waals surface area contributed by atoms with E-state index in [4.69, 9.17) is 0 Å². The molecule has 0 spiro atoms. The molecule has 0 heterocycles. The van der Waals surface area contributed by atoms with Crippen molar-refractivity contribution in [3.05, 3.63) is 145 Å². The molecular weight excluding hydrogens is 727 g/mol. The summed E-state index contributed by atoms with van der Waals surface area (Å²) in [4.78, 5) is 0. The molecule has 0 bridgehead atoms. The fraction of sp³-hybridized carbons (Fsp3) is 0.383. The molecule has 0 atom stereocenters. The fourth-order valence-electron chi connectivity index (χ4n) is 7.39. The molecule has 0 aliphatic heterocycles. The smallest absolute Gasteiger partial charge is 0.147 e. The van der Waals surface area contributed by atoms with Crippen LogP contribution in [-0.2, 0) is 51.4 Å². The number of fused-ring (bicyclic) bond motifs is 3. The van der Waals surface area contributed by atoms with E-state index in [-0.39, 0.29) is 35.6 Å². The Hall–Kier alpha value is -2.31. The number of rotatable bonds is 10. The van der Waals surface area contributed by atoms with Crippen molar-refractivity contribution < 1.29 is 21.3 Å². The third-order valence-corrected chi connectivity index (χ3v) is 18.0. The second kappa shape index (κ2) is 17.0. The Balaban J connectivity index is 0.00000281. The third-order valence-electron chi connectivity index (χ3n) is 10.5. The van der Waals surface area contributed by atoms with Gasteiger partial charge in [-0.3, -0.25) is 0 Å². The molecule has 0 saturated carbocycles. The van der Waals surface area contributed by atoms with E-state index in [2.05, 4.69) is 152 Å². The van der Waals surface area contributed by atoms with E-state index in [1.807, 2.05) is 0 Å². The first kappa shape index (κ1) is 40.5. The van der Waals surface area contributed by atoms with E-state index in [1.54, 1.807) is 15.3 Å². The van der Waals surface area contributed by atoms with Crippen molar-refractivity contribution in [2.75, 3.05) is 0 Å². The van der Waals surface area contributed by atoms with Crippen molar-refractivity contribution in [1.29, 1.82) is 0 Å². The second-order valence-corrected chi connectivity index (χ2v) is 22.2. The van der Waals surface area contributed by atoms with Gasteiger partial charge in [0.25, 0.3) is 0 Å². The van der Waals surface area contributed by atoms with Crippen LogP contribution in [0.1, 0.15) is 132 Å². The van der Waals surface area contributed by atoms with Gasteiger partial charge in [-0.1, -0.05) is 0 Å². The number of benzene rings is 4. The number of hydrogen-bond acceptors (Lipinski definition) is 0. The fourth-order valence-corrected chi connectivity index (χ4v) is 15.4. The summed E-state index contributed by atoms with van der Waals surface area (Å²) in [5.74, 6) is 0. The van der Waals surface area contributed by atoms with Gasteiger partial charge in [-0.25, -0.2) is 0 Å². The largest absolute Gasteiger partial charge is 0.147 e. The first-order valence-electron chi connectivity index (χ1n) is 18.6. The van der Waals surface area contributed by atoms with Gasteiger partial charge in [-0.15, -0.1) is 24.8 Å². The number of unbranched alkanes of at least 4 members (excludes halogenated alkanes) is 2. The molecule has 264 valence electrons. The van der Waals surface area contributed by atoms with Crippen LogP contribution in [-0.4, -0.2) is 3.21 Å². The summed E-state index contributed by atoms with van der Waals surface area (Å²) in [6.45, 7) is 18.8. The van der Waals surface area contributed by atoms with Crippen LogP contribution >= 0.6 is 24.8 Å². The maximum atomic E-state index is 2.68. The van der Waals surface area contributed by atoms with Crippen molar-refractivity contribution in [3.8, 4) is 11.1 Å². The molecule has 0 radical (unpaired) electrons. The Labute approximate surface area is 323 Å². The average molecular weight is 785 g/mol. The molecule has 4 aromatic carbocycles. The van der Waals surface area contributed by atoms with E-state index in [0.717, 1.165) is 25.7 Å². The Morgan fingerprint density at radius 3 is 1.66 bits per heavy atom. The molecule has 0 amide bonds.